The Kier molecular flexibility index (Phi) is 3.85. The molecule has 0 saturated carbocycles. The number of hydrogen-bond acceptors (Lipinski definition) is 4. The molecule has 1 saturated heterocycles. The van der Waals surface area contributed by atoms with E-state index in [-0.39, 0.29) is 17.9 Å². The molecule has 1 aromatic rings. The third kappa shape index (κ3) is 3.12. The van der Waals surface area contributed by atoms with Crippen LogP contribution in [0.2, 0.25) is 0 Å². The molecular weight excluding hydrogens is 218 g/mol. The van der Waals surface area contributed by atoms with E-state index in [0.717, 1.165) is 13.1 Å². The Morgan fingerprint density at radius 2 is 1.94 bits per heavy atom. The van der Waals surface area contributed by atoms with Crippen LogP contribution < -0.4 is 16.0 Å². The molecule has 1 aromatic carbocycles. The molecule has 0 aliphatic carbocycles. The average Bonchev–Trinajstić information content (AvgIpc) is 2.40. The first kappa shape index (κ1) is 11.8. The number of piperazine rings is 1. The summed E-state index contributed by atoms with van der Waals surface area (Å²) in [7, 11) is 0. The molecule has 0 aromatic heterocycles. The number of carbonyl (C=O) groups is 2. The van der Waals surface area contributed by atoms with E-state index in [2.05, 4.69) is 16.0 Å². The van der Waals surface area contributed by atoms with Gasteiger partial charge in [0.1, 0.15) is 0 Å². The van der Waals surface area contributed by atoms with Crippen molar-refractivity contribution in [2.45, 2.75) is 6.04 Å². The summed E-state index contributed by atoms with van der Waals surface area (Å²) < 4.78 is 0. The highest BCUT2D eigenvalue weighted by Crippen LogP contribution is 1.98. The van der Waals surface area contributed by atoms with Crippen molar-refractivity contribution in [1.82, 2.24) is 16.0 Å². The molecular formula is C12H15N3O2. The van der Waals surface area contributed by atoms with Gasteiger partial charge in [0.05, 0.1) is 6.04 Å². The van der Waals surface area contributed by atoms with Gasteiger partial charge in [-0.3, -0.25) is 14.9 Å². The Morgan fingerprint density at radius 3 is 2.59 bits per heavy atom. The van der Waals surface area contributed by atoms with Gasteiger partial charge in [0, 0.05) is 25.2 Å². The molecule has 5 heteroatoms. The van der Waals surface area contributed by atoms with Crippen LogP contribution in [-0.2, 0) is 4.79 Å². The number of carbonyl (C=O) groups excluding carboxylic acids is 2. The Balaban J connectivity index is 1.92. The maximum atomic E-state index is 11.7. The second-order valence-electron chi connectivity index (χ2n) is 3.90. The highest BCUT2D eigenvalue weighted by molar-refractivity contribution is 6.06. The lowest BCUT2D eigenvalue weighted by atomic mass is 10.2. The van der Waals surface area contributed by atoms with Gasteiger partial charge in [-0.05, 0) is 12.1 Å². The standard InChI is InChI=1S/C12H15N3O2/c16-11(9-4-2-1-3-5-9)15-12(17)10-8-13-6-7-14-10/h1-5,10,13-14H,6-8H2,(H,15,16,17). The lowest BCUT2D eigenvalue weighted by Crippen LogP contribution is -2.56. The average molecular weight is 233 g/mol. The predicted octanol–water partition coefficient (Wildman–Crippen LogP) is -0.496. The minimum Gasteiger partial charge on any atom is -0.313 e. The monoisotopic (exact) mass is 233 g/mol. The molecule has 2 amide bonds. The number of rotatable bonds is 2. The summed E-state index contributed by atoms with van der Waals surface area (Å²) in [5, 5.41) is 8.53. The second kappa shape index (κ2) is 5.56. The third-order valence-electron chi connectivity index (χ3n) is 2.63. The molecule has 90 valence electrons. The topological polar surface area (TPSA) is 70.2 Å². The zero-order chi connectivity index (χ0) is 12.1. The van der Waals surface area contributed by atoms with Gasteiger partial charge in [-0.15, -0.1) is 0 Å². The largest absolute Gasteiger partial charge is 0.313 e. The number of benzene rings is 1. The van der Waals surface area contributed by atoms with Crippen LogP contribution in [0.25, 0.3) is 0 Å². The van der Waals surface area contributed by atoms with Gasteiger partial charge < -0.3 is 10.6 Å². The quantitative estimate of drug-likeness (QED) is 0.603. The van der Waals surface area contributed by atoms with Crippen molar-refractivity contribution in [2.75, 3.05) is 19.6 Å². The molecule has 1 fully saturated rings. The highest BCUT2D eigenvalue weighted by atomic mass is 16.2. The first-order valence-corrected chi connectivity index (χ1v) is 5.62. The van der Waals surface area contributed by atoms with Crippen molar-refractivity contribution in [3.8, 4) is 0 Å². The third-order valence-corrected chi connectivity index (χ3v) is 2.63. The van der Waals surface area contributed by atoms with E-state index < -0.39 is 0 Å². The van der Waals surface area contributed by atoms with Gasteiger partial charge in [0.2, 0.25) is 5.91 Å². The summed E-state index contributed by atoms with van der Waals surface area (Å²) in [6.07, 6.45) is 0. The van der Waals surface area contributed by atoms with Crippen LogP contribution >= 0.6 is 0 Å². The smallest absolute Gasteiger partial charge is 0.257 e. The van der Waals surface area contributed by atoms with Crippen LogP contribution in [0.3, 0.4) is 0 Å². The molecule has 3 N–H and O–H groups in total. The van der Waals surface area contributed by atoms with E-state index in [9.17, 15) is 9.59 Å². The van der Waals surface area contributed by atoms with Crippen molar-refractivity contribution < 1.29 is 9.59 Å². The summed E-state index contributed by atoms with van der Waals surface area (Å²) >= 11 is 0. The number of imide groups is 1. The van der Waals surface area contributed by atoms with Crippen LogP contribution in [0.15, 0.2) is 30.3 Å². The van der Waals surface area contributed by atoms with Gasteiger partial charge in [-0.2, -0.15) is 0 Å². The number of amides is 2. The Bertz CT molecular complexity index is 399. The lowest BCUT2D eigenvalue weighted by Gasteiger charge is -2.23. The fraction of sp³-hybridized carbons (Fsp3) is 0.333. The van der Waals surface area contributed by atoms with Crippen LogP contribution in [-0.4, -0.2) is 37.5 Å². The molecule has 0 bridgehead atoms. The van der Waals surface area contributed by atoms with Crippen molar-refractivity contribution in [1.29, 1.82) is 0 Å². The molecule has 1 aliphatic heterocycles. The maximum absolute atomic E-state index is 11.7. The van der Waals surface area contributed by atoms with Crippen LogP contribution in [0.1, 0.15) is 10.4 Å². The summed E-state index contributed by atoms with van der Waals surface area (Å²) in [5.41, 5.74) is 0.490. The van der Waals surface area contributed by atoms with Crippen molar-refractivity contribution in [2.24, 2.45) is 0 Å². The Hall–Kier alpha value is -1.72. The van der Waals surface area contributed by atoms with Gasteiger partial charge >= 0.3 is 0 Å². The lowest BCUT2D eigenvalue weighted by molar-refractivity contribution is -0.122. The van der Waals surface area contributed by atoms with E-state index in [1.165, 1.54) is 0 Å². The molecule has 0 radical (unpaired) electrons. The van der Waals surface area contributed by atoms with Gasteiger partial charge in [0.25, 0.3) is 5.91 Å². The van der Waals surface area contributed by atoms with Crippen LogP contribution in [0.5, 0.6) is 0 Å². The predicted molar refractivity (Wildman–Crippen MR) is 63.6 cm³/mol. The first-order chi connectivity index (χ1) is 8.27. The highest BCUT2D eigenvalue weighted by Gasteiger charge is 2.22. The minimum atomic E-state index is -0.358. The maximum Gasteiger partial charge on any atom is 0.257 e. The fourth-order valence-corrected chi connectivity index (χ4v) is 1.70. The molecule has 1 unspecified atom stereocenters. The normalized spacial score (nSPS) is 19.6. The van der Waals surface area contributed by atoms with E-state index in [4.69, 9.17) is 0 Å². The summed E-state index contributed by atoms with van der Waals surface area (Å²) in [5.74, 6) is -0.644. The number of hydrogen-bond donors (Lipinski definition) is 3. The molecule has 2 rings (SSSR count). The second-order valence-corrected chi connectivity index (χ2v) is 3.90. The molecule has 17 heavy (non-hydrogen) atoms. The zero-order valence-electron chi connectivity index (χ0n) is 9.40. The van der Waals surface area contributed by atoms with E-state index in [1.54, 1.807) is 24.3 Å². The molecule has 1 heterocycles. The summed E-state index contributed by atoms with van der Waals surface area (Å²) in [6.45, 7) is 2.13. The Morgan fingerprint density at radius 1 is 1.18 bits per heavy atom. The van der Waals surface area contributed by atoms with Crippen molar-refractivity contribution >= 4 is 11.8 Å². The van der Waals surface area contributed by atoms with E-state index in [1.807, 2.05) is 6.07 Å². The van der Waals surface area contributed by atoms with Crippen molar-refractivity contribution in [3.63, 3.8) is 0 Å². The summed E-state index contributed by atoms with van der Waals surface area (Å²) in [4.78, 5) is 23.5. The van der Waals surface area contributed by atoms with E-state index >= 15 is 0 Å². The molecule has 1 atom stereocenters. The molecule has 5 nitrogen and oxygen atoms in total. The van der Waals surface area contributed by atoms with Gasteiger partial charge in [-0.25, -0.2) is 0 Å². The van der Waals surface area contributed by atoms with Gasteiger partial charge in [0.15, 0.2) is 0 Å². The first-order valence-electron chi connectivity index (χ1n) is 5.62. The zero-order valence-corrected chi connectivity index (χ0v) is 9.40. The van der Waals surface area contributed by atoms with Crippen molar-refractivity contribution in [3.05, 3.63) is 35.9 Å². The van der Waals surface area contributed by atoms with Crippen LogP contribution in [0, 0.1) is 0 Å². The van der Waals surface area contributed by atoms with Crippen LogP contribution in [0.4, 0.5) is 0 Å². The van der Waals surface area contributed by atoms with E-state index in [0.29, 0.717) is 12.1 Å². The minimum absolute atomic E-state index is 0.286. The SMILES string of the molecule is O=C(NC(=O)C1CNCCN1)c1ccccc1. The molecule has 1 aliphatic rings. The summed E-state index contributed by atoms with van der Waals surface area (Å²) in [6, 6.07) is 8.37. The number of nitrogens with one attached hydrogen (secondary N) is 3. The van der Waals surface area contributed by atoms with Gasteiger partial charge in [-0.1, -0.05) is 18.2 Å². The molecule has 0 spiro atoms. The Labute approximate surface area is 99.6 Å². The fourth-order valence-electron chi connectivity index (χ4n) is 1.70.